The van der Waals surface area contributed by atoms with E-state index in [4.69, 9.17) is 4.74 Å². The third kappa shape index (κ3) is 5.11. The fourth-order valence-corrected chi connectivity index (χ4v) is 3.11. The number of aliphatic hydroxyl groups is 1. The Morgan fingerprint density at radius 2 is 1.97 bits per heavy atom. The SMILES string of the molecule is CCn1c(CO)nn(-c2cc(OCC(C)(C)F)c(/C=C/c3cccnc3C)cc2F)c1=O. The van der Waals surface area contributed by atoms with Crippen LogP contribution in [0.3, 0.4) is 0 Å². The highest BCUT2D eigenvalue weighted by Crippen LogP contribution is 2.28. The van der Waals surface area contributed by atoms with Gasteiger partial charge in [-0.3, -0.25) is 9.55 Å². The molecule has 9 heteroatoms. The molecule has 0 unspecified atom stereocenters. The average molecular weight is 444 g/mol. The van der Waals surface area contributed by atoms with Crippen molar-refractivity contribution in [3.05, 3.63) is 69.4 Å². The number of nitrogens with zero attached hydrogens (tertiary/aromatic N) is 4. The first-order chi connectivity index (χ1) is 15.1. The maximum Gasteiger partial charge on any atom is 0.350 e. The van der Waals surface area contributed by atoms with E-state index in [-0.39, 0.29) is 30.4 Å². The van der Waals surface area contributed by atoms with Gasteiger partial charge < -0.3 is 9.84 Å². The van der Waals surface area contributed by atoms with E-state index < -0.39 is 23.8 Å². The van der Waals surface area contributed by atoms with Crippen LogP contribution in [0.1, 0.15) is 43.4 Å². The fourth-order valence-electron chi connectivity index (χ4n) is 3.11. The number of halogens is 2. The molecule has 0 aliphatic rings. The average Bonchev–Trinajstić information content (AvgIpc) is 3.07. The summed E-state index contributed by atoms with van der Waals surface area (Å²) in [6, 6.07) is 6.16. The quantitative estimate of drug-likeness (QED) is 0.573. The summed E-state index contributed by atoms with van der Waals surface area (Å²) < 4.78 is 36.9. The van der Waals surface area contributed by atoms with Crippen molar-refractivity contribution in [1.82, 2.24) is 19.3 Å². The molecule has 0 saturated carbocycles. The maximum absolute atomic E-state index is 15.1. The monoisotopic (exact) mass is 444 g/mol. The zero-order valence-corrected chi connectivity index (χ0v) is 18.5. The number of rotatable bonds is 8. The molecule has 0 aliphatic carbocycles. The summed E-state index contributed by atoms with van der Waals surface area (Å²) in [5.41, 5.74) is -0.385. The molecule has 0 atom stereocenters. The van der Waals surface area contributed by atoms with E-state index in [9.17, 15) is 14.3 Å². The van der Waals surface area contributed by atoms with Crippen molar-refractivity contribution in [1.29, 1.82) is 0 Å². The van der Waals surface area contributed by atoms with E-state index in [1.165, 1.54) is 30.5 Å². The number of aryl methyl sites for hydroxylation is 1. The molecule has 1 N–H and O–H groups in total. The first-order valence-electron chi connectivity index (χ1n) is 10.2. The molecule has 32 heavy (non-hydrogen) atoms. The van der Waals surface area contributed by atoms with E-state index in [0.29, 0.717) is 5.56 Å². The Balaban J connectivity index is 2.11. The molecule has 170 valence electrons. The Hall–Kier alpha value is -3.33. The summed E-state index contributed by atoms with van der Waals surface area (Å²) in [6.07, 6.45) is 5.07. The highest BCUT2D eigenvalue weighted by molar-refractivity contribution is 5.74. The van der Waals surface area contributed by atoms with Crippen molar-refractivity contribution in [3.8, 4) is 11.4 Å². The fraction of sp³-hybridized carbons (Fsp3) is 0.348. The number of hydrogen-bond donors (Lipinski definition) is 1. The lowest BCUT2D eigenvalue weighted by Crippen LogP contribution is -2.25. The number of ether oxygens (including phenoxy) is 1. The van der Waals surface area contributed by atoms with Crippen LogP contribution in [0.5, 0.6) is 5.75 Å². The molecular weight excluding hydrogens is 418 g/mol. The molecule has 0 saturated heterocycles. The summed E-state index contributed by atoms with van der Waals surface area (Å²) in [7, 11) is 0. The van der Waals surface area contributed by atoms with E-state index in [1.54, 1.807) is 31.3 Å². The van der Waals surface area contributed by atoms with Crippen LogP contribution in [0.4, 0.5) is 8.78 Å². The van der Waals surface area contributed by atoms with Gasteiger partial charge in [-0.25, -0.2) is 13.6 Å². The van der Waals surface area contributed by atoms with E-state index >= 15 is 4.39 Å². The Morgan fingerprint density at radius 1 is 1.25 bits per heavy atom. The molecule has 7 nitrogen and oxygen atoms in total. The molecule has 3 aromatic rings. The molecular formula is C23H26F2N4O3. The lowest BCUT2D eigenvalue weighted by atomic mass is 10.1. The normalized spacial score (nSPS) is 12.0. The molecule has 1 aromatic carbocycles. The summed E-state index contributed by atoms with van der Waals surface area (Å²) in [6.45, 7) is 5.82. The summed E-state index contributed by atoms with van der Waals surface area (Å²) in [5.74, 6) is -0.416. The number of pyridine rings is 1. The first kappa shape index (κ1) is 23.3. The smallest absolute Gasteiger partial charge is 0.350 e. The number of aromatic nitrogens is 4. The maximum atomic E-state index is 15.1. The Morgan fingerprint density at radius 3 is 2.56 bits per heavy atom. The highest BCUT2D eigenvalue weighted by Gasteiger charge is 2.21. The standard InChI is InChI=1S/C23H26F2N4O3/c1-5-28-21(13-30)27-29(22(28)31)19-12-20(32-14-23(3,4)25)17(11-18(19)24)9-8-16-7-6-10-26-15(16)2/h6-12,30H,5,13-14H2,1-4H3/b9-8+. The van der Waals surface area contributed by atoms with Crippen LogP contribution in [0.25, 0.3) is 17.8 Å². The minimum absolute atomic E-state index is 0.111. The van der Waals surface area contributed by atoms with Crippen LogP contribution in [0.15, 0.2) is 35.3 Å². The lowest BCUT2D eigenvalue weighted by molar-refractivity contribution is 0.120. The highest BCUT2D eigenvalue weighted by atomic mass is 19.1. The van der Waals surface area contributed by atoms with Crippen molar-refractivity contribution < 1.29 is 18.6 Å². The van der Waals surface area contributed by atoms with Crippen molar-refractivity contribution in [3.63, 3.8) is 0 Å². The van der Waals surface area contributed by atoms with Gasteiger partial charge in [0.2, 0.25) is 0 Å². The summed E-state index contributed by atoms with van der Waals surface area (Å²) >= 11 is 0. The van der Waals surface area contributed by atoms with Crippen LogP contribution >= 0.6 is 0 Å². The predicted molar refractivity (Wildman–Crippen MR) is 118 cm³/mol. The van der Waals surface area contributed by atoms with Crippen LogP contribution in [-0.2, 0) is 13.2 Å². The van der Waals surface area contributed by atoms with Crippen molar-refractivity contribution in [2.24, 2.45) is 0 Å². The van der Waals surface area contributed by atoms with Crippen LogP contribution < -0.4 is 10.4 Å². The topological polar surface area (TPSA) is 82.2 Å². The van der Waals surface area contributed by atoms with Crippen molar-refractivity contribution >= 4 is 12.2 Å². The third-order valence-electron chi connectivity index (χ3n) is 4.77. The predicted octanol–water partition coefficient (Wildman–Crippen LogP) is 3.69. The number of alkyl halides is 1. The molecule has 2 heterocycles. The molecule has 3 rings (SSSR count). The van der Waals surface area contributed by atoms with Crippen LogP contribution in [0.2, 0.25) is 0 Å². The van der Waals surface area contributed by atoms with Crippen LogP contribution in [-0.4, -0.2) is 36.7 Å². The zero-order valence-electron chi connectivity index (χ0n) is 18.5. The second-order valence-corrected chi connectivity index (χ2v) is 7.87. The Labute approximate surface area is 184 Å². The Bertz CT molecular complexity index is 1190. The van der Waals surface area contributed by atoms with Gasteiger partial charge in [-0.1, -0.05) is 18.2 Å². The largest absolute Gasteiger partial charge is 0.490 e. The molecule has 0 aliphatic heterocycles. The minimum atomic E-state index is -1.62. The molecule has 0 fully saturated rings. The van der Waals surface area contributed by atoms with Crippen molar-refractivity contribution in [2.75, 3.05) is 6.61 Å². The van der Waals surface area contributed by atoms with E-state index in [2.05, 4.69) is 10.1 Å². The minimum Gasteiger partial charge on any atom is -0.490 e. The van der Waals surface area contributed by atoms with E-state index in [1.807, 2.05) is 13.0 Å². The Kier molecular flexibility index (Phi) is 6.88. The van der Waals surface area contributed by atoms with Gasteiger partial charge in [-0.2, -0.15) is 4.68 Å². The lowest BCUT2D eigenvalue weighted by Gasteiger charge is -2.17. The third-order valence-corrected chi connectivity index (χ3v) is 4.77. The van der Waals surface area contributed by atoms with Gasteiger partial charge in [0.25, 0.3) is 0 Å². The van der Waals surface area contributed by atoms with Gasteiger partial charge in [-0.15, -0.1) is 5.10 Å². The summed E-state index contributed by atoms with van der Waals surface area (Å²) in [5, 5.41) is 13.5. The number of aliphatic hydroxyl groups excluding tert-OH is 1. The number of hydrogen-bond acceptors (Lipinski definition) is 5. The molecule has 0 radical (unpaired) electrons. The van der Waals surface area contributed by atoms with Crippen molar-refractivity contribution in [2.45, 2.75) is 46.5 Å². The molecule has 0 bridgehead atoms. The molecule has 0 spiro atoms. The number of benzene rings is 1. The first-order valence-corrected chi connectivity index (χ1v) is 10.2. The molecule has 0 amide bonds. The second kappa shape index (κ2) is 9.44. The van der Waals surface area contributed by atoms with Gasteiger partial charge in [0.05, 0.1) is 0 Å². The van der Waals surface area contributed by atoms with Gasteiger partial charge in [0.15, 0.2) is 5.82 Å². The summed E-state index contributed by atoms with van der Waals surface area (Å²) in [4.78, 5) is 16.9. The van der Waals surface area contributed by atoms with Gasteiger partial charge >= 0.3 is 5.69 Å². The zero-order chi connectivity index (χ0) is 23.5. The second-order valence-electron chi connectivity index (χ2n) is 7.87. The van der Waals surface area contributed by atoms with Crippen LogP contribution in [0, 0.1) is 12.7 Å². The van der Waals surface area contributed by atoms with Gasteiger partial charge in [0, 0.05) is 30.1 Å². The van der Waals surface area contributed by atoms with Gasteiger partial charge in [-0.05, 0) is 45.4 Å². The van der Waals surface area contributed by atoms with E-state index in [0.717, 1.165) is 15.9 Å². The van der Waals surface area contributed by atoms with Gasteiger partial charge in [0.1, 0.15) is 36.1 Å². The molecule has 2 aromatic heterocycles.